The van der Waals surface area contributed by atoms with E-state index in [1.807, 2.05) is 29.7 Å². The molecule has 3 nitrogen and oxygen atoms in total. The fourth-order valence-corrected chi connectivity index (χ4v) is 5.16. The topological polar surface area (TPSA) is 51.8 Å². The largest absolute Gasteiger partial charge is 0.324 e. The van der Waals surface area contributed by atoms with Crippen LogP contribution in [0.3, 0.4) is 0 Å². The molecule has 0 saturated carbocycles. The molecule has 1 saturated heterocycles. The minimum atomic E-state index is 0.143. The van der Waals surface area contributed by atoms with Crippen molar-refractivity contribution < 1.29 is 0 Å². The maximum atomic E-state index is 6.19. The van der Waals surface area contributed by atoms with Gasteiger partial charge in [0.2, 0.25) is 0 Å². The van der Waals surface area contributed by atoms with Crippen molar-refractivity contribution in [2.24, 2.45) is 5.73 Å². The first kappa shape index (κ1) is 12.8. The molecule has 0 radical (unpaired) electrons. The molecule has 2 atom stereocenters. The second kappa shape index (κ2) is 5.80. The Hall–Kier alpha value is -0.260. The van der Waals surface area contributed by atoms with Gasteiger partial charge >= 0.3 is 0 Å². The lowest BCUT2D eigenvalue weighted by molar-refractivity contribution is 0.614. The molecule has 5 heteroatoms. The van der Waals surface area contributed by atoms with E-state index < -0.39 is 0 Å². The number of fused-ring (bicyclic) bond motifs is 1. The van der Waals surface area contributed by atoms with Gasteiger partial charge in [-0.15, -0.1) is 11.8 Å². The summed E-state index contributed by atoms with van der Waals surface area (Å²) in [6.07, 6.45) is 6.56. The van der Waals surface area contributed by atoms with Crippen molar-refractivity contribution in [3.63, 3.8) is 0 Å². The monoisotopic (exact) mass is 281 g/mol. The summed E-state index contributed by atoms with van der Waals surface area (Å²) in [4.78, 5) is 9.40. The van der Waals surface area contributed by atoms with Gasteiger partial charge in [0, 0.05) is 40.8 Å². The van der Waals surface area contributed by atoms with E-state index in [4.69, 9.17) is 10.7 Å². The molecule has 3 rings (SSSR count). The molecule has 1 fully saturated rings. The summed E-state index contributed by atoms with van der Waals surface area (Å²) in [5.41, 5.74) is 8.58. The Balaban J connectivity index is 1.87. The molecular weight excluding hydrogens is 262 g/mol. The van der Waals surface area contributed by atoms with Gasteiger partial charge in [0.05, 0.1) is 5.25 Å². The number of rotatable bonds is 1. The van der Waals surface area contributed by atoms with Gasteiger partial charge in [-0.25, -0.2) is 9.97 Å². The molecule has 2 unspecified atom stereocenters. The molecule has 2 aliphatic rings. The number of aryl methyl sites for hydroxylation is 1. The molecule has 0 spiro atoms. The van der Waals surface area contributed by atoms with E-state index in [-0.39, 0.29) is 6.04 Å². The molecule has 0 aromatic carbocycles. The Morgan fingerprint density at radius 2 is 2.22 bits per heavy atom. The van der Waals surface area contributed by atoms with Gasteiger partial charge in [-0.2, -0.15) is 11.8 Å². The third kappa shape index (κ3) is 2.68. The Morgan fingerprint density at radius 1 is 1.28 bits per heavy atom. The zero-order chi connectivity index (χ0) is 12.4. The predicted octanol–water partition coefficient (Wildman–Crippen LogP) is 2.72. The zero-order valence-corrected chi connectivity index (χ0v) is 12.1. The smallest absolute Gasteiger partial charge is 0.142 e. The van der Waals surface area contributed by atoms with Crippen LogP contribution in [0.15, 0.2) is 6.20 Å². The normalized spacial score (nSPS) is 28.5. The van der Waals surface area contributed by atoms with Crippen molar-refractivity contribution in [2.45, 2.75) is 37.0 Å². The van der Waals surface area contributed by atoms with Crippen LogP contribution >= 0.6 is 23.5 Å². The Morgan fingerprint density at radius 3 is 3.06 bits per heavy atom. The van der Waals surface area contributed by atoms with Crippen molar-refractivity contribution in [1.29, 1.82) is 0 Å². The molecule has 98 valence electrons. The molecule has 2 heterocycles. The maximum Gasteiger partial charge on any atom is 0.142 e. The molecule has 0 amide bonds. The highest BCUT2D eigenvalue weighted by molar-refractivity contribution is 8.06. The fourth-order valence-electron chi connectivity index (χ4n) is 2.56. The molecule has 1 aliphatic heterocycles. The number of hydrogen-bond donors (Lipinski definition) is 1. The van der Waals surface area contributed by atoms with E-state index in [0.29, 0.717) is 5.25 Å². The van der Waals surface area contributed by atoms with Gasteiger partial charge < -0.3 is 5.73 Å². The van der Waals surface area contributed by atoms with E-state index in [2.05, 4.69) is 4.98 Å². The zero-order valence-electron chi connectivity index (χ0n) is 10.5. The number of thioether (sulfide) groups is 2. The lowest BCUT2D eigenvalue weighted by Crippen LogP contribution is -2.16. The summed E-state index contributed by atoms with van der Waals surface area (Å²) >= 11 is 4.01. The molecule has 1 aliphatic carbocycles. The van der Waals surface area contributed by atoms with Gasteiger partial charge in [-0.05, 0) is 19.3 Å². The number of nitrogens with two attached hydrogens (primary N) is 1. The van der Waals surface area contributed by atoms with Crippen molar-refractivity contribution in [3.05, 3.63) is 23.3 Å². The second-order valence-corrected chi connectivity index (χ2v) is 7.38. The average molecular weight is 281 g/mol. The Labute approximate surface area is 117 Å². The highest BCUT2D eigenvalue weighted by Gasteiger charge is 2.22. The Bertz CT molecular complexity index is 419. The van der Waals surface area contributed by atoms with Crippen molar-refractivity contribution >= 4 is 23.5 Å². The van der Waals surface area contributed by atoms with Crippen LogP contribution in [0.2, 0.25) is 0 Å². The van der Waals surface area contributed by atoms with Gasteiger partial charge in [0.15, 0.2) is 0 Å². The first-order valence-electron chi connectivity index (χ1n) is 6.65. The standard InChI is InChI=1S/C13H19N3S2/c14-10-3-1-2-4-11-9(10)7-15-13(16-11)12-8-17-5-6-18-12/h7,10,12H,1-6,8,14H2. The fraction of sp³-hybridized carbons (Fsp3) is 0.692. The lowest BCUT2D eigenvalue weighted by atomic mass is 10.1. The van der Waals surface area contributed by atoms with Gasteiger partial charge in [-0.1, -0.05) is 6.42 Å². The third-order valence-corrected chi connectivity index (χ3v) is 6.35. The van der Waals surface area contributed by atoms with E-state index in [1.54, 1.807) is 0 Å². The molecule has 1 aromatic rings. The molecule has 2 N–H and O–H groups in total. The van der Waals surface area contributed by atoms with Crippen LogP contribution in [0.4, 0.5) is 0 Å². The highest BCUT2D eigenvalue weighted by atomic mass is 32.2. The highest BCUT2D eigenvalue weighted by Crippen LogP contribution is 2.36. The van der Waals surface area contributed by atoms with Crippen LogP contribution < -0.4 is 5.73 Å². The SMILES string of the molecule is NC1CCCCc2nc(C3CSCCS3)ncc21. The predicted molar refractivity (Wildman–Crippen MR) is 79.0 cm³/mol. The first-order chi connectivity index (χ1) is 8.84. The van der Waals surface area contributed by atoms with Gasteiger partial charge in [0.1, 0.15) is 5.82 Å². The van der Waals surface area contributed by atoms with E-state index >= 15 is 0 Å². The van der Waals surface area contributed by atoms with Crippen LogP contribution in [0, 0.1) is 0 Å². The van der Waals surface area contributed by atoms with Crippen LogP contribution in [0.5, 0.6) is 0 Å². The summed E-state index contributed by atoms with van der Waals surface area (Å²) in [5, 5.41) is 0.480. The van der Waals surface area contributed by atoms with Gasteiger partial charge in [0.25, 0.3) is 0 Å². The summed E-state index contributed by atoms with van der Waals surface area (Å²) in [6.45, 7) is 0. The summed E-state index contributed by atoms with van der Waals surface area (Å²) in [5.74, 6) is 4.65. The minimum absolute atomic E-state index is 0.143. The van der Waals surface area contributed by atoms with Crippen LogP contribution in [-0.4, -0.2) is 27.2 Å². The molecule has 18 heavy (non-hydrogen) atoms. The lowest BCUT2D eigenvalue weighted by Gasteiger charge is -2.21. The minimum Gasteiger partial charge on any atom is -0.324 e. The molecular formula is C13H19N3S2. The third-order valence-electron chi connectivity index (χ3n) is 3.60. The molecule has 0 bridgehead atoms. The van der Waals surface area contributed by atoms with Crippen LogP contribution in [-0.2, 0) is 6.42 Å². The maximum absolute atomic E-state index is 6.19. The van der Waals surface area contributed by atoms with Crippen molar-refractivity contribution in [1.82, 2.24) is 9.97 Å². The summed E-state index contributed by atoms with van der Waals surface area (Å²) < 4.78 is 0. The van der Waals surface area contributed by atoms with E-state index in [9.17, 15) is 0 Å². The van der Waals surface area contributed by atoms with E-state index in [1.165, 1.54) is 35.6 Å². The van der Waals surface area contributed by atoms with Crippen LogP contribution in [0.25, 0.3) is 0 Å². The second-order valence-electron chi connectivity index (χ2n) is 4.92. The average Bonchev–Trinajstić information content (AvgIpc) is 2.61. The van der Waals surface area contributed by atoms with Gasteiger partial charge in [-0.3, -0.25) is 0 Å². The number of nitrogens with zero attached hydrogens (tertiary/aromatic N) is 2. The van der Waals surface area contributed by atoms with Crippen LogP contribution in [0.1, 0.15) is 47.6 Å². The van der Waals surface area contributed by atoms with E-state index in [0.717, 1.165) is 24.4 Å². The quantitative estimate of drug-likeness (QED) is 0.802. The van der Waals surface area contributed by atoms with Crippen molar-refractivity contribution in [2.75, 3.05) is 17.3 Å². The molecule has 1 aromatic heterocycles. The first-order valence-corrected chi connectivity index (χ1v) is 8.85. The summed E-state index contributed by atoms with van der Waals surface area (Å²) in [6, 6.07) is 0.143. The number of aromatic nitrogens is 2. The summed E-state index contributed by atoms with van der Waals surface area (Å²) in [7, 11) is 0. The number of hydrogen-bond acceptors (Lipinski definition) is 5. The Kier molecular flexibility index (Phi) is 4.11. The van der Waals surface area contributed by atoms with Crippen molar-refractivity contribution in [3.8, 4) is 0 Å².